The molecule has 1 unspecified atom stereocenters. The van der Waals surface area contributed by atoms with Crippen LogP contribution in [0.25, 0.3) is 0 Å². The van der Waals surface area contributed by atoms with Gasteiger partial charge < -0.3 is 24.3 Å². The maximum Gasteiger partial charge on any atom is 0.258 e. The summed E-state index contributed by atoms with van der Waals surface area (Å²) in [5, 5.41) is 11.2. The van der Waals surface area contributed by atoms with E-state index < -0.39 is 17.7 Å². The van der Waals surface area contributed by atoms with E-state index in [9.17, 15) is 9.59 Å². The van der Waals surface area contributed by atoms with Gasteiger partial charge in [0, 0.05) is 23.2 Å². The fourth-order valence-electron chi connectivity index (χ4n) is 2.80. The number of nitrogens with one attached hydrogen (secondary N) is 1. The number of benzene rings is 2. The monoisotopic (exact) mass is 497 g/mol. The molecule has 0 aliphatic rings. The van der Waals surface area contributed by atoms with Crippen LogP contribution in [0.1, 0.15) is 20.8 Å². The Morgan fingerprint density at radius 1 is 0.970 bits per heavy atom. The van der Waals surface area contributed by atoms with Gasteiger partial charge >= 0.3 is 0 Å². The van der Waals surface area contributed by atoms with Crippen molar-refractivity contribution in [3.63, 3.8) is 0 Å². The van der Waals surface area contributed by atoms with E-state index in [2.05, 4.69) is 15.5 Å². The minimum atomic E-state index is -1.44. The fourth-order valence-corrected chi connectivity index (χ4v) is 3.21. The Labute approximate surface area is 202 Å². The van der Waals surface area contributed by atoms with Gasteiger partial charge in [0.05, 0.1) is 38.1 Å². The smallest absolute Gasteiger partial charge is 0.258 e. The molecular weight excluding hydrogens is 473 g/mol. The van der Waals surface area contributed by atoms with Gasteiger partial charge in [-0.05, 0) is 26.8 Å². The molecule has 0 saturated carbocycles. The first-order chi connectivity index (χ1) is 15.7. The van der Waals surface area contributed by atoms with Gasteiger partial charge in [0.15, 0.2) is 17.3 Å². The number of carbonyl (C=O) groups is 2. The van der Waals surface area contributed by atoms with E-state index in [0.29, 0.717) is 40.5 Å². The SMILES string of the molecule is CCOc1cc(NC(=O)C(N=Nc2cc(Cl)cc(OC)c2OC)C(C)=O)c(OCC)cc1Cl. The number of Topliss-reactive ketones (excluding diaryl/α,β-unsaturated/α-hetero) is 1. The number of halogens is 2. The maximum absolute atomic E-state index is 12.9. The predicted octanol–water partition coefficient (Wildman–Crippen LogP) is 5.49. The number of amides is 1. The average Bonchev–Trinajstić information content (AvgIpc) is 2.76. The Morgan fingerprint density at radius 2 is 1.64 bits per heavy atom. The van der Waals surface area contributed by atoms with Crippen molar-refractivity contribution in [2.45, 2.75) is 26.8 Å². The number of nitrogens with zero attached hydrogens (tertiary/aromatic N) is 2. The second-order valence-corrected chi connectivity index (χ2v) is 7.37. The lowest BCUT2D eigenvalue weighted by atomic mass is 10.2. The van der Waals surface area contributed by atoms with Crippen molar-refractivity contribution in [2.75, 3.05) is 32.8 Å². The number of methoxy groups -OCH3 is 2. The number of hydrogen-bond acceptors (Lipinski definition) is 8. The number of ketones is 1. The molecule has 0 bridgehead atoms. The Balaban J connectivity index is 2.38. The number of ether oxygens (including phenoxy) is 4. The van der Waals surface area contributed by atoms with Crippen molar-refractivity contribution in [1.82, 2.24) is 0 Å². The van der Waals surface area contributed by atoms with Gasteiger partial charge in [0.2, 0.25) is 6.04 Å². The van der Waals surface area contributed by atoms with Crippen molar-refractivity contribution in [2.24, 2.45) is 10.2 Å². The lowest BCUT2D eigenvalue weighted by Gasteiger charge is -2.16. The molecule has 0 fully saturated rings. The van der Waals surface area contributed by atoms with Crippen LogP contribution in [0.5, 0.6) is 23.0 Å². The molecule has 0 heterocycles. The van der Waals surface area contributed by atoms with Gasteiger partial charge in [0.1, 0.15) is 17.2 Å². The minimum Gasteiger partial charge on any atom is -0.493 e. The van der Waals surface area contributed by atoms with Crippen molar-refractivity contribution >= 4 is 46.3 Å². The Bertz CT molecular complexity index is 1050. The van der Waals surface area contributed by atoms with E-state index in [-0.39, 0.29) is 17.1 Å². The van der Waals surface area contributed by atoms with E-state index in [0.717, 1.165) is 0 Å². The summed E-state index contributed by atoms with van der Waals surface area (Å²) in [4.78, 5) is 25.1. The first-order valence-corrected chi connectivity index (χ1v) is 10.7. The minimum absolute atomic E-state index is 0.195. The molecule has 2 aromatic rings. The molecule has 11 heteroatoms. The largest absolute Gasteiger partial charge is 0.493 e. The highest BCUT2D eigenvalue weighted by Gasteiger charge is 2.25. The highest BCUT2D eigenvalue weighted by Crippen LogP contribution is 2.40. The highest BCUT2D eigenvalue weighted by molar-refractivity contribution is 6.32. The van der Waals surface area contributed by atoms with Crippen molar-refractivity contribution < 1.29 is 28.5 Å². The normalized spacial score (nSPS) is 11.7. The second kappa shape index (κ2) is 12.3. The van der Waals surface area contributed by atoms with Gasteiger partial charge in [0.25, 0.3) is 5.91 Å². The summed E-state index contributed by atoms with van der Waals surface area (Å²) in [5.41, 5.74) is 0.471. The van der Waals surface area contributed by atoms with Crippen LogP contribution in [0, 0.1) is 0 Å². The molecule has 1 atom stereocenters. The molecule has 0 spiro atoms. The van der Waals surface area contributed by atoms with E-state index >= 15 is 0 Å². The molecule has 33 heavy (non-hydrogen) atoms. The van der Waals surface area contributed by atoms with Crippen LogP contribution in [0.2, 0.25) is 10.0 Å². The van der Waals surface area contributed by atoms with Crippen LogP contribution in [-0.2, 0) is 9.59 Å². The first-order valence-electron chi connectivity index (χ1n) is 9.98. The standard InChI is InChI=1S/C22H25Cl2N3O6/c1-6-32-17-11-15(18(33-7-2)10-14(17)24)25-22(29)20(12(3)28)27-26-16-8-13(23)9-19(30-4)21(16)31-5/h8-11,20H,6-7H2,1-5H3,(H,25,29). The van der Waals surface area contributed by atoms with Crippen LogP contribution >= 0.6 is 23.2 Å². The molecule has 0 aliphatic carbocycles. The molecule has 0 saturated heterocycles. The summed E-state index contributed by atoms with van der Waals surface area (Å²) in [6.07, 6.45) is 0. The van der Waals surface area contributed by atoms with Crippen LogP contribution in [0.15, 0.2) is 34.5 Å². The van der Waals surface area contributed by atoms with Gasteiger partial charge in [-0.1, -0.05) is 23.2 Å². The zero-order chi connectivity index (χ0) is 24.5. The third-order valence-electron chi connectivity index (χ3n) is 4.23. The number of anilines is 1. The van der Waals surface area contributed by atoms with Crippen LogP contribution < -0.4 is 24.3 Å². The van der Waals surface area contributed by atoms with E-state index in [1.165, 1.54) is 39.3 Å². The summed E-state index contributed by atoms with van der Waals surface area (Å²) in [5.74, 6) is 0.0142. The topological polar surface area (TPSA) is 108 Å². The Morgan fingerprint density at radius 3 is 2.21 bits per heavy atom. The van der Waals surface area contributed by atoms with Gasteiger partial charge in [-0.15, -0.1) is 0 Å². The molecule has 0 aliphatic heterocycles. The van der Waals surface area contributed by atoms with Crippen molar-refractivity contribution in [3.8, 4) is 23.0 Å². The van der Waals surface area contributed by atoms with E-state index in [1.54, 1.807) is 19.9 Å². The van der Waals surface area contributed by atoms with E-state index in [1.807, 2.05) is 0 Å². The van der Waals surface area contributed by atoms with Gasteiger partial charge in [-0.25, -0.2) is 0 Å². The summed E-state index contributed by atoms with van der Waals surface area (Å²) in [6.45, 7) is 5.53. The number of azo groups is 1. The third-order valence-corrected chi connectivity index (χ3v) is 4.74. The van der Waals surface area contributed by atoms with Gasteiger partial charge in [-0.3, -0.25) is 9.59 Å². The molecule has 0 aromatic heterocycles. The number of rotatable bonds is 11. The van der Waals surface area contributed by atoms with Crippen molar-refractivity contribution in [3.05, 3.63) is 34.3 Å². The molecule has 1 amide bonds. The summed E-state index contributed by atoms with van der Waals surface area (Å²) in [7, 11) is 2.87. The quantitative estimate of drug-likeness (QED) is 0.324. The Hall–Kier alpha value is -3.04. The summed E-state index contributed by atoms with van der Waals surface area (Å²) >= 11 is 12.3. The lowest BCUT2D eigenvalue weighted by molar-refractivity contribution is -0.126. The molecular formula is C22H25Cl2N3O6. The van der Waals surface area contributed by atoms with Crippen molar-refractivity contribution in [1.29, 1.82) is 0 Å². The molecule has 178 valence electrons. The second-order valence-electron chi connectivity index (χ2n) is 6.52. The summed E-state index contributed by atoms with van der Waals surface area (Å²) in [6, 6.07) is 4.62. The highest BCUT2D eigenvalue weighted by atomic mass is 35.5. The number of carbonyl (C=O) groups excluding carboxylic acids is 2. The Kier molecular flexibility index (Phi) is 9.74. The zero-order valence-electron chi connectivity index (χ0n) is 18.9. The maximum atomic E-state index is 12.9. The van der Waals surface area contributed by atoms with Gasteiger partial charge in [-0.2, -0.15) is 10.2 Å². The fraction of sp³-hybridized carbons (Fsp3) is 0.364. The molecule has 2 aromatic carbocycles. The molecule has 1 N–H and O–H groups in total. The molecule has 9 nitrogen and oxygen atoms in total. The van der Waals surface area contributed by atoms with E-state index in [4.69, 9.17) is 42.1 Å². The predicted molar refractivity (Wildman–Crippen MR) is 126 cm³/mol. The van der Waals surface area contributed by atoms with Crippen LogP contribution in [0.4, 0.5) is 11.4 Å². The third kappa shape index (κ3) is 6.72. The zero-order valence-corrected chi connectivity index (χ0v) is 20.4. The average molecular weight is 498 g/mol. The number of hydrogen-bond donors (Lipinski definition) is 1. The molecule has 0 radical (unpaired) electrons. The van der Waals surface area contributed by atoms with Crippen LogP contribution in [-0.4, -0.2) is 45.2 Å². The summed E-state index contributed by atoms with van der Waals surface area (Å²) < 4.78 is 21.5. The molecule has 2 rings (SSSR count). The first kappa shape index (κ1) is 26.2. The lowest BCUT2D eigenvalue weighted by Crippen LogP contribution is -2.32. The van der Waals surface area contributed by atoms with Crippen LogP contribution in [0.3, 0.4) is 0 Å².